The van der Waals surface area contributed by atoms with Gasteiger partial charge in [0.05, 0.1) is 5.69 Å². The molecule has 1 unspecified atom stereocenters. The van der Waals surface area contributed by atoms with Crippen molar-refractivity contribution in [2.24, 2.45) is 0 Å². The normalized spacial score (nSPS) is 11.6. The summed E-state index contributed by atoms with van der Waals surface area (Å²) in [5.74, 6) is -0.846. The highest BCUT2D eigenvalue weighted by Gasteiger charge is 2.25. The predicted octanol–water partition coefficient (Wildman–Crippen LogP) is 2.47. The van der Waals surface area contributed by atoms with Gasteiger partial charge in [-0.25, -0.2) is 4.98 Å². The first kappa shape index (κ1) is 22.1. The van der Waals surface area contributed by atoms with E-state index in [9.17, 15) is 9.59 Å². The zero-order valence-electron chi connectivity index (χ0n) is 17.4. The van der Waals surface area contributed by atoms with Gasteiger partial charge < -0.3 is 10.2 Å². The molecule has 0 saturated carbocycles. The molecule has 3 rings (SSSR count). The average molecular weight is 435 g/mol. The maximum absolute atomic E-state index is 12.7. The van der Waals surface area contributed by atoms with Gasteiger partial charge in [0.25, 0.3) is 11.8 Å². The Morgan fingerprint density at radius 3 is 2.39 bits per heavy atom. The molecule has 0 bridgehead atoms. The van der Waals surface area contributed by atoms with Crippen LogP contribution in [0.15, 0.2) is 54.2 Å². The summed E-state index contributed by atoms with van der Waals surface area (Å²) in [6.45, 7) is 0.283. The number of hydrogen-bond acceptors (Lipinski definition) is 7. The van der Waals surface area contributed by atoms with E-state index >= 15 is 0 Å². The highest BCUT2D eigenvalue weighted by Crippen LogP contribution is 2.28. The minimum Gasteiger partial charge on any atom is -0.339 e. The van der Waals surface area contributed by atoms with Crippen LogP contribution in [0.25, 0.3) is 21.8 Å². The van der Waals surface area contributed by atoms with E-state index in [-0.39, 0.29) is 12.5 Å². The number of aromatic nitrogens is 2. The van der Waals surface area contributed by atoms with Gasteiger partial charge in [-0.2, -0.15) is 5.26 Å². The van der Waals surface area contributed by atoms with Crippen molar-refractivity contribution in [1.29, 1.82) is 5.26 Å². The molecule has 1 aromatic carbocycles. The molecule has 1 N–H and O–H groups in total. The first-order valence-electron chi connectivity index (χ1n) is 9.48. The van der Waals surface area contributed by atoms with Crippen molar-refractivity contribution in [2.45, 2.75) is 6.04 Å². The molecule has 31 heavy (non-hydrogen) atoms. The highest BCUT2D eigenvalue weighted by molar-refractivity contribution is 7.13. The monoisotopic (exact) mass is 434 g/mol. The Bertz CT molecular complexity index is 1090. The summed E-state index contributed by atoms with van der Waals surface area (Å²) in [6.07, 6.45) is 5.23. The highest BCUT2D eigenvalue weighted by atomic mass is 32.1. The van der Waals surface area contributed by atoms with Crippen LogP contribution < -0.4 is 5.32 Å². The topological polar surface area (TPSA) is 102 Å². The second-order valence-electron chi connectivity index (χ2n) is 7.14. The number of amides is 2. The van der Waals surface area contributed by atoms with Crippen molar-refractivity contribution >= 4 is 23.2 Å². The number of rotatable bonds is 7. The molecule has 3 aromatic rings. The number of thiazole rings is 1. The molecule has 0 aliphatic carbocycles. The van der Waals surface area contributed by atoms with Crippen LogP contribution in [-0.4, -0.2) is 65.3 Å². The lowest BCUT2D eigenvalue weighted by molar-refractivity contribution is -0.129. The molecule has 0 aliphatic heterocycles. The van der Waals surface area contributed by atoms with Gasteiger partial charge in [0.1, 0.15) is 11.0 Å². The second kappa shape index (κ2) is 9.93. The fourth-order valence-electron chi connectivity index (χ4n) is 2.90. The SMILES string of the molecule is CN(C)CC(NC(=O)c1ccc(-c2csc(-c3ccncc3)n2)cc1)C(=O)N(C)C#N. The summed E-state index contributed by atoms with van der Waals surface area (Å²) in [5, 5.41) is 14.6. The van der Waals surface area contributed by atoms with Gasteiger partial charge in [-0.1, -0.05) is 12.1 Å². The summed E-state index contributed by atoms with van der Waals surface area (Å²) in [4.78, 5) is 36.4. The Kier molecular flexibility index (Phi) is 7.07. The predicted molar refractivity (Wildman–Crippen MR) is 119 cm³/mol. The summed E-state index contributed by atoms with van der Waals surface area (Å²) in [6, 6.07) is 10.0. The van der Waals surface area contributed by atoms with Crippen LogP contribution >= 0.6 is 11.3 Å². The fraction of sp³-hybridized carbons (Fsp3) is 0.227. The quantitative estimate of drug-likeness (QED) is 0.453. The van der Waals surface area contributed by atoms with Crippen LogP contribution in [0.1, 0.15) is 10.4 Å². The molecule has 8 nitrogen and oxygen atoms in total. The van der Waals surface area contributed by atoms with Crippen LogP contribution in [0.2, 0.25) is 0 Å². The third-order valence-corrected chi connectivity index (χ3v) is 5.40. The molecule has 0 spiro atoms. The number of hydrogen-bond donors (Lipinski definition) is 1. The molecular formula is C22H22N6O2S. The summed E-state index contributed by atoms with van der Waals surface area (Å²) in [5.41, 5.74) is 3.13. The van der Waals surface area contributed by atoms with Crippen LogP contribution in [0.4, 0.5) is 0 Å². The van der Waals surface area contributed by atoms with E-state index in [2.05, 4.69) is 15.3 Å². The Balaban J connectivity index is 1.73. The molecule has 0 aliphatic rings. The number of carbonyl (C=O) groups excluding carboxylic acids is 2. The van der Waals surface area contributed by atoms with Crippen molar-refractivity contribution in [3.63, 3.8) is 0 Å². The molecule has 2 amide bonds. The summed E-state index contributed by atoms with van der Waals surface area (Å²) in [7, 11) is 4.96. The Morgan fingerprint density at radius 1 is 1.10 bits per heavy atom. The molecule has 158 valence electrons. The lowest BCUT2D eigenvalue weighted by atomic mass is 10.1. The Labute approximate surface area is 184 Å². The van der Waals surface area contributed by atoms with Gasteiger partial charge in [-0.3, -0.25) is 19.5 Å². The maximum Gasteiger partial charge on any atom is 0.259 e. The van der Waals surface area contributed by atoms with E-state index in [0.717, 1.165) is 26.7 Å². The van der Waals surface area contributed by atoms with Crippen LogP contribution in [0.5, 0.6) is 0 Å². The number of carbonyl (C=O) groups is 2. The van der Waals surface area contributed by atoms with Gasteiger partial charge in [0.15, 0.2) is 6.19 Å². The minimum absolute atomic E-state index is 0.283. The number of nitriles is 1. The summed E-state index contributed by atoms with van der Waals surface area (Å²) >= 11 is 1.54. The number of nitrogens with one attached hydrogen (secondary N) is 1. The zero-order valence-corrected chi connectivity index (χ0v) is 18.3. The van der Waals surface area contributed by atoms with E-state index in [1.54, 1.807) is 49.7 Å². The molecule has 1 atom stereocenters. The Hall–Kier alpha value is -3.61. The third-order valence-electron chi connectivity index (χ3n) is 4.51. The average Bonchev–Trinajstić information content (AvgIpc) is 3.28. The second-order valence-corrected chi connectivity index (χ2v) is 7.99. The lowest BCUT2D eigenvalue weighted by Crippen LogP contribution is -2.51. The van der Waals surface area contributed by atoms with Crippen molar-refractivity contribution in [3.8, 4) is 28.0 Å². The van der Waals surface area contributed by atoms with Crippen molar-refractivity contribution in [2.75, 3.05) is 27.7 Å². The number of nitrogens with zero attached hydrogens (tertiary/aromatic N) is 5. The van der Waals surface area contributed by atoms with Gasteiger partial charge in [-0.05, 0) is 38.4 Å². The van der Waals surface area contributed by atoms with Gasteiger partial charge in [-0.15, -0.1) is 11.3 Å². The number of likely N-dealkylation sites (N-methyl/N-ethyl adjacent to an activating group) is 2. The largest absolute Gasteiger partial charge is 0.339 e. The van der Waals surface area contributed by atoms with E-state index in [4.69, 9.17) is 5.26 Å². The van der Waals surface area contributed by atoms with Crippen molar-refractivity contribution in [3.05, 3.63) is 59.7 Å². The zero-order chi connectivity index (χ0) is 22.4. The van der Waals surface area contributed by atoms with E-state index in [1.807, 2.05) is 29.6 Å². The Morgan fingerprint density at radius 2 is 1.77 bits per heavy atom. The molecule has 0 saturated heterocycles. The van der Waals surface area contributed by atoms with Crippen molar-refractivity contribution in [1.82, 2.24) is 25.1 Å². The lowest BCUT2D eigenvalue weighted by Gasteiger charge is -2.23. The van der Waals surface area contributed by atoms with Crippen LogP contribution in [0.3, 0.4) is 0 Å². The van der Waals surface area contributed by atoms with E-state index in [1.165, 1.54) is 18.4 Å². The maximum atomic E-state index is 12.7. The first-order chi connectivity index (χ1) is 14.9. The minimum atomic E-state index is -0.826. The van der Waals surface area contributed by atoms with Crippen LogP contribution in [0, 0.1) is 11.5 Å². The van der Waals surface area contributed by atoms with Gasteiger partial charge in [0.2, 0.25) is 0 Å². The first-order valence-corrected chi connectivity index (χ1v) is 10.4. The molecule has 0 radical (unpaired) electrons. The molecule has 0 fully saturated rings. The number of pyridine rings is 1. The van der Waals surface area contributed by atoms with Gasteiger partial charge in [0, 0.05) is 48.1 Å². The smallest absolute Gasteiger partial charge is 0.259 e. The standard InChI is InChI=1S/C22H22N6O2S/c1-27(2)12-18(22(30)28(3)14-23)25-20(29)16-6-4-15(5-7-16)19-13-31-21(26-19)17-8-10-24-11-9-17/h4-11,13,18H,12H2,1-3H3,(H,25,29). The molecule has 2 heterocycles. The molecular weight excluding hydrogens is 412 g/mol. The summed E-state index contributed by atoms with van der Waals surface area (Å²) < 4.78 is 0. The third kappa shape index (κ3) is 5.51. The fourth-order valence-corrected chi connectivity index (χ4v) is 3.74. The van der Waals surface area contributed by atoms with E-state index < -0.39 is 11.9 Å². The molecule has 9 heteroatoms. The van der Waals surface area contributed by atoms with Crippen LogP contribution in [-0.2, 0) is 4.79 Å². The van der Waals surface area contributed by atoms with Gasteiger partial charge >= 0.3 is 0 Å². The molecule has 2 aromatic heterocycles. The van der Waals surface area contributed by atoms with E-state index in [0.29, 0.717) is 5.56 Å². The van der Waals surface area contributed by atoms with Crippen molar-refractivity contribution < 1.29 is 9.59 Å². The number of benzene rings is 1.